The third-order valence-corrected chi connectivity index (χ3v) is 4.40. The van der Waals surface area contributed by atoms with Crippen molar-refractivity contribution in [2.45, 2.75) is 32.9 Å². The van der Waals surface area contributed by atoms with Crippen LogP contribution in [0, 0.1) is 17.2 Å². The van der Waals surface area contributed by atoms with Crippen LogP contribution in [0.3, 0.4) is 0 Å². The Hall–Kier alpha value is -2.66. The van der Waals surface area contributed by atoms with Crippen LogP contribution in [0.1, 0.15) is 25.8 Å². The van der Waals surface area contributed by atoms with Gasteiger partial charge in [-0.15, -0.1) is 0 Å². The highest BCUT2D eigenvalue weighted by molar-refractivity contribution is 7.07. The van der Waals surface area contributed by atoms with Crippen LogP contribution in [0.15, 0.2) is 29.1 Å². The predicted molar refractivity (Wildman–Crippen MR) is 104 cm³/mol. The summed E-state index contributed by atoms with van der Waals surface area (Å²) in [7, 11) is 1.93. The lowest BCUT2D eigenvalue weighted by Gasteiger charge is -2.21. The number of hydrogen-bond donors (Lipinski definition) is 2. The molecular formula is C18H24N6OS. The molecule has 0 aliphatic rings. The van der Waals surface area contributed by atoms with Crippen molar-refractivity contribution in [3.63, 3.8) is 0 Å². The summed E-state index contributed by atoms with van der Waals surface area (Å²) in [6.07, 6.45) is 2.32. The van der Waals surface area contributed by atoms with Gasteiger partial charge in [-0.25, -0.2) is 4.98 Å². The minimum Gasteiger partial charge on any atom is -0.358 e. The Morgan fingerprint density at radius 3 is 2.88 bits per heavy atom. The summed E-state index contributed by atoms with van der Waals surface area (Å²) in [5.74, 6) is 1.29. The van der Waals surface area contributed by atoms with E-state index in [4.69, 9.17) is 5.26 Å². The average Bonchev–Trinajstić information content (AvgIpc) is 3.12. The van der Waals surface area contributed by atoms with Gasteiger partial charge in [0.2, 0.25) is 11.9 Å². The van der Waals surface area contributed by atoms with Gasteiger partial charge in [-0.05, 0) is 40.8 Å². The van der Waals surface area contributed by atoms with E-state index in [-0.39, 0.29) is 12.5 Å². The number of aromatic nitrogens is 2. The van der Waals surface area contributed by atoms with Gasteiger partial charge in [0.15, 0.2) is 0 Å². The Morgan fingerprint density at radius 1 is 1.42 bits per heavy atom. The minimum absolute atomic E-state index is 0.00644. The number of amides is 1. The molecule has 2 aromatic heterocycles. The second-order valence-electron chi connectivity index (χ2n) is 6.43. The molecule has 0 radical (unpaired) electrons. The number of nitrogens with zero attached hydrogens (tertiary/aromatic N) is 4. The Morgan fingerprint density at radius 2 is 2.23 bits per heavy atom. The summed E-state index contributed by atoms with van der Waals surface area (Å²) < 4.78 is 0. The van der Waals surface area contributed by atoms with Gasteiger partial charge in [-0.3, -0.25) is 4.79 Å². The first-order chi connectivity index (χ1) is 12.5. The number of hydrogen-bond acceptors (Lipinski definition) is 7. The number of carbonyl (C=O) groups excluding carboxylic acids is 1. The smallest absolute Gasteiger partial charge is 0.243 e. The lowest BCUT2D eigenvalue weighted by atomic mass is 10.0. The number of rotatable bonds is 9. The molecule has 2 heterocycles. The third-order valence-electron chi connectivity index (χ3n) is 3.67. The van der Waals surface area contributed by atoms with E-state index in [1.165, 1.54) is 5.56 Å². The first kappa shape index (κ1) is 19.7. The summed E-state index contributed by atoms with van der Waals surface area (Å²) in [5.41, 5.74) is 1.20. The number of thiophene rings is 1. The van der Waals surface area contributed by atoms with Crippen LogP contribution in [-0.2, 0) is 11.3 Å². The van der Waals surface area contributed by atoms with E-state index >= 15 is 0 Å². The van der Waals surface area contributed by atoms with E-state index in [1.54, 1.807) is 23.6 Å². The van der Waals surface area contributed by atoms with Gasteiger partial charge < -0.3 is 15.5 Å². The van der Waals surface area contributed by atoms with E-state index in [0.29, 0.717) is 30.6 Å². The predicted octanol–water partition coefficient (Wildman–Crippen LogP) is 2.64. The fourth-order valence-corrected chi connectivity index (χ4v) is 3.13. The molecule has 0 saturated heterocycles. The molecule has 0 spiro atoms. The Balaban J connectivity index is 2.08. The standard InChI is InChI=1S/C18H24N6OS/c1-13(2)10-15(17(25)20-8-6-19)22-16-4-7-21-18(23-16)24(3)11-14-5-9-26-12-14/h4-5,7,9,12-13,15H,8,10-11H2,1-3H3,(H,20,25)(H,21,22,23)/t15-/m0/s1. The van der Waals surface area contributed by atoms with Gasteiger partial charge in [0.1, 0.15) is 18.4 Å². The third kappa shape index (κ3) is 6.01. The largest absolute Gasteiger partial charge is 0.358 e. The number of nitrogens with one attached hydrogen (secondary N) is 2. The van der Waals surface area contributed by atoms with Crippen LogP contribution in [0.2, 0.25) is 0 Å². The molecule has 0 unspecified atom stereocenters. The minimum atomic E-state index is -0.451. The summed E-state index contributed by atoms with van der Waals surface area (Å²) >= 11 is 1.66. The zero-order valence-electron chi connectivity index (χ0n) is 15.3. The van der Waals surface area contributed by atoms with Crippen molar-refractivity contribution in [3.8, 4) is 6.07 Å². The molecule has 26 heavy (non-hydrogen) atoms. The molecule has 8 heteroatoms. The van der Waals surface area contributed by atoms with Crippen molar-refractivity contribution < 1.29 is 4.79 Å². The molecule has 1 amide bonds. The van der Waals surface area contributed by atoms with E-state index in [0.717, 1.165) is 0 Å². The van der Waals surface area contributed by atoms with Gasteiger partial charge in [0, 0.05) is 19.8 Å². The van der Waals surface area contributed by atoms with Crippen LogP contribution in [-0.4, -0.2) is 35.5 Å². The fourth-order valence-electron chi connectivity index (χ4n) is 2.47. The molecule has 2 N–H and O–H groups in total. The van der Waals surface area contributed by atoms with Crippen molar-refractivity contribution in [1.82, 2.24) is 15.3 Å². The monoisotopic (exact) mass is 372 g/mol. The van der Waals surface area contributed by atoms with Gasteiger partial charge in [0.05, 0.1) is 6.07 Å². The van der Waals surface area contributed by atoms with Crippen LogP contribution in [0.5, 0.6) is 0 Å². The van der Waals surface area contributed by atoms with E-state index in [9.17, 15) is 4.79 Å². The molecule has 0 fully saturated rings. The fraction of sp³-hybridized carbons (Fsp3) is 0.444. The van der Waals surface area contributed by atoms with Crippen molar-refractivity contribution >= 4 is 29.0 Å². The van der Waals surface area contributed by atoms with Crippen LogP contribution in [0.4, 0.5) is 11.8 Å². The van der Waals surface area contributed by atoms with Gasteiger partial charge in [-0.1, -0.05) is 13.8 Å². The van der Waals surface area contributed by atoms with Gasteiger partial charge in [-0.2, -0.15) is 21.6 Å². The molecule has 0 aliphatic heterocycles. The zero-order valence-corrected chi connectivity index (χ0v) is 16.1. The van der Waals surface area contributed by atoms with Crippen LogP contribution < -0.4 is 15.5 Å². The summed E-state index contributed by atoms with van der Waals surface area (Å²) in [6.45, 7) is 4.80. The Kier molecular flexibility index (Phi) is 7.36. The van der Waals surface area contributed by atoms with Crippen LogP contribution >= 0.6 is 11.3 Å². The molecule has 0 saturated carbocycles. The second kappa shape index (κ2) is 9.73. The lowest BCUT2D eigenvalue weighted by Crippen LogP contribution is -2.41. The van der Waals surface area contributed by atoms with Gasteiger partial charge >= 0.3 is 0 Å². The first-order valence-electron chi connectivity index (χ1n) is 8.46. The summed E-state index contributed by atoms with van der Waals surface area (Å²) in [4.78, 5) is 23.1. The molecule has 0 bridgehead atoms. The lowest BCUT2D eigenvalue weighted by molar-refractivity contribution is -0.121. The molecule has 2 rings (SSSR count). The highest BCUT2D eigenvalue weighted by atomic mass is 32.1. The van der Waals surface area contributed by atoms with Gasteiger partial charge in [0.25, 0.3) is 0 Å². The van der Waals surface area contributed by atoms with Crippen molar-refractivity contribution in [1.29, 1.82) is 5.26 Å². The maximum Gasteiger partial charge on any atom is 0.243 e. The number of anilines is 2. The molecular weight excluding hydrogens is 348 g/mol. The molecule has 0 aromatic carbocycles. The van der Waals surface area contributed by atoms with Crippen molar-refractivity contribution in [2.75, 3.05) is 23.8 Å². The topological polar surface area (TPSA) is 93.9 Å². The highest BCUT2D eigenvalue weighted by Crippen LogP contribution is 2.16. The SMILES string of the molecule is CC(C)C[C@H](Nc1ccnc(N(C)Cc2ccsc2)n1)C(=O)NCC#N. The molecule has 0 aliphatic carbocycles. The second-order valence-corrected chi connectivity index (χ2v) is 7.21. The van der Waals surface area contributed by atoms with Crippen molar-refractivity contribution in [2.24, 2.45) is 5.92 Å². The zero-order chi connectivity index (χ0) is 18.9. The van der Waals surface area contributed by atoms with E-state index < -0.39 is 6.04 Å². The van der Waals surface area contributed by atoms with E-state index in [1.807, 2.05) is 37.2 Å². The van der Waals surface area contributed by atoms with Crippen molar-refractivity contribution in [3.05, 3.63) is 34.7 Å². The molecule has 138 valence electrons. The Bertz CT molecular complexity index is 740. The normalized spacial score (nSPS) is 11.7. The summed E-state index contributed by atoms with van der Waals surface area (Å²) in [5, 5.41) is 18.6. The quantitative estimate of drug-likeness (QED) is 0.657. The first-order valence-corrected chi connectivity index (χ1v) is 9.40. The number of carbonyl (C=O) groups is 1. The van der Waals surface area contributed by atoms with Crippen LogP contribution in [0.25, 0.3) is 0 Å². The molecule has 1 atom stereocenters. The average molecular weight is 372 g/mol. The molecule has 7 nitrogen and oxygen atoms in total. The maximum atomic E-state index is 12.3. The van der Waals surface area contributed by atoms with E-state index in [2.05, 4.69) is 32.0 Å². The summed E-state index contributed by atoms with van der Waals surface area (Å²) in [6, 6.07) is 5.29. The number of nitriles is 1. The molecule has 2 aromatic rings. The Labute approximate surface area is 158 Å². The highest BCUT2D eigenvalue weighted by Gasteiger charge is 2.20. The maximum absolute atomic E-state index is 12.3.